The number of amides is 1. The van der Waals surface area contributed by atoms with Gasteiger partial charge in [0.2, 0.25) is 5.91 Å². The zero-order valence-corrected chi connectivity index (χ0v) is 16.3. The third-order valence-electron chi connectivity index (χ3n) is 4.93. The van der Waals surface area contributed by atoms with E-state index < -0.39 is 0 Å². The van der Waals surface area contributed by atoms with Crippen molar-refractivity contribution in [1.82, 2.24) is 14.7 Å². The molecule has 0 N–H and O–H groups in total. The van der Waals surface area contributed by atoms with Gasteiger partial charge in [-0.3, -0.25) is 14.3 Å². The zero-order chi connectivity index (χ0) is 17.9. The number of carbonyl (C=O) groups excluding carboxylic acids is 2. The molecular weight excluding hydrogens is 322 g/mol. The summed E-state index contributed by atoms with van der Waals surface area (Å²) >= 11 is 1.89. The second-order valence-corrected chi connectivity index (χ2v) is 7.79. The Hall–Kier alpha value is -1.30. The summed E-state index contributed by atoms with van der Waals surface area (Å²) in [5.74, 6) is 2.17. The van der Waals surface area contributed by atoms with Crippen molar-refractivity contribution in [3.05, 3.63) is 17.0 Å². The number of aromatic nitrogens is 2. The monoisotopic (exact) mass is 351 g/mol. The van der Waals surface area contributed by atoms with Crippen LogP contribution in [-0.2, 0) is 4.79 Å². The molecule has 1 aliphatic heterocycles. The van der Waals surface area contributed by atoms with Crippen LogP contribution in [0.3, 0.4) is 0 Å². The quantitative estimate of drug-likeness (QED) is 0.738. The van der Waals surface area contributed by atoms with Gasteiger partial charge in [-0.1, -0.05) is 0 Å². The largest absolute Gasteiger partial charge is 0.343 e. The average Bonchev–Trinajstić information content (AvgIpc) is 2.83. The summed E-state index contributed by atoms with van der Waals surface area (Å²) in [7, 11) is 0. The molecule has 0 saturated carbocycles. The molecule has 6 heteroatoms. The van der Waals surface area contributed by atoms with Crippen LogP contribution in [0.1, 0.15) is 60.9 Å². The molecule has 24 heavy (non-hydrogen) atoms. The molecular formula is C18H29N3O2S. The summed E-state index contributed by atoms with van der Waals surface area (Å²) in [4.78, 5) is 26.3. The second kappa shape index (κ2) is 8.19. The van der Waals surface area contributed by atoms with Crippen molar-refractivity contribution in [2.24, 2.45) is 5.92 Å². The van der Waals surface area contributed by atoms with E-state index in [0.29, 0.717) is 12.0 Å². The molecule has 1 saturated heterocycles. The number of hydrogen-bond acceptors (Lipinski definition) is 4. The van der Waals surface area contributed by atoms with Gasteiger partial charge in [0.05, 0.1) is 17.3 Å². The van der Waals surface area contributed by atoms with E-state index in [1.807, 2.05) is 42.1 Å². The highest BCUT2D eigenvalue weighted by Crippen LogP contribution is 2.24. The van der Waals surface area contributed by atoms with Gasteiger partial charge in [0, 0.05) is 25.2 Å². The Balaban J connectivity index is 1.98. The molecule has 0 aromatic carbocycles. The van der Waals surface area contributed by atoms with Crippen molar-refractivity contribution >= 4 is 23.5 Å². The van der Waals surface area contributed by atoms with E-state index in [1.165, 1.54) is 5.75 Å². The molecule has 0 spiro atoms. The molecule has 0 unspecified atom stereocenters. The van der Waals surface area contributed by atoms with Crippen molar-refractivity contribution in [2.75, 3.05) is 25.1 Å². The SMILES string of the molecule is CSCC1CCN(C(=O)C[C@H](C)n2nc(C)c(C(C)=O)c2C)CC1. The minimum absolute atomic E-state index is 0.0330. The first-order chi connectivity index (χ1) is 11.3. The van der Waals surface area contributed by atoms with E-state index >= 15 is 0 Å². The van der Waals surface area contributed by atoms with E-state index in [1.54, 1.807) is 6.92 Å². The van der Waals surface area contributed by atoms with Crippen LogP contribution in [0, 0.1) is 19.8 Å². The highest BCUT2D eigenvalue weighted by Gasteiger charge is 2.25. The number of aryl methyl sites for hydroxylation is 1. The van der Waals surface area contributed by atoms with Crippen LogP contribution in [0.15, 0.2) is 0 Å². The van der Waals surface area contributed by atoms with Crippen LogP contribution in [0.4, 0.5) is 0 Å². The Labute approximate surface area is 149 Å². The van der Waals surface area contributed by atoms with Crippen molar-refractivity contribution in [2.45, 2.75) is 53.0 Å². The molecule has 1 aliphatic rings. The third kappa shape index (κ3) is 4.21. The Morgan fingerprint density at radius 1 is 1.29 bits per heavy atom. The third-order valence-corrected chi connectivity index (χ3v) is 5.74. The van der Waals surface area contributed by atoms with Crippen molar-refractivity contribution < 1.29 is 9.59 Å². The summed E-state index contributed by atoms with van der Waals surface area (Å²) in [6.45, 7) is 9.06. The van der Waals surface area contributed by atoms with Crippen molar-refractivity contribution in [1.29, 1.82) is 0 Å². The first-order valence-corrected chi connectivity index (χ1v) is 10.1. The van der Waals surface area contributed by atoms with Gasteiger partial charge in [-0.15, -0.1) is 0 Å². The average molecular weight is 352 g/mol. The van der Waals surface area contributed by atoms with Crippen molar-refractivity contribution in [3.8, 4) is 0 Å². The van der Waals surface area contributed by atoms with E-state index in [4.69, 9.17) is 0 Å². The smallest absolute Gasteiger partial charge is 0.224 e. The predicted molar refractivity (Wildman–Crippen MR) is 98.7 cm³/mol. The molecule has 1 fully saturated rings. The Morgan fingerprint density at radius 2 is 1.92 bits per heavy atom. The standard InChI is InChI=1S/C18H29N3O2S/c1-12(21-14(3)18(15(4)22)13(2)19-21)10-17(23)20-8-6-16(7-9-20)11-24-5/h12,16H,6-11H2,1-5H3/t12-/m0/s1. The van der Waals surface area contributed by atoms with Gasteiger partial charge in [0.25, 0.3) is 0 Å². The Bertz CT molecular complexity index is 604. The summed E-state index contributed by atoms with van der Waals surface area (Å²) in [6, 6.07) is -0.0341. The Kier molecular flexibility index (Phi) is 6.49. The number of thioether (sulfide) groups is 1. The summed E-state index contributed by atoms with van der Waals surface area (Å²) in [5.41, 5.74) is 2.29. The molecule has 2 rings (SSSR count). The number of hydrogen-bond donors (Lipinski definition) is 0. The lowest BCUT2D eigenvalue weighted by Crippen LogP contribution is -2.39. The van der Waals surface area contributed by atoms with Crippen molar-refractivity contribution in [3.63, 3.8) is 0 Å². The first kappa shape index (κ1) is 19.0. The Morgan fingerprint density at radius 3 is 2.42 bits per heavy atom. The minimum atomic E-state index is -0.0341. The van der Waals surface area contributed by atoms with Crippen LogP contribution >= 0.6 is 11.8 Å². The van der Waals surface area contributed by atoms with Gasteiger partial charge in [0.15, 0.2) is 5.78 Å². The van der Waals surface area contributed by atoms with E-state index in [-0.39, 0.29) is 17.7 Å². The second-order valence-electron chi connectivity index (χ2n) is 6.88. The first-order valence-electron chi connectivity index (χ1n) is 8.68. The number of rotatable bonds is 6. The van der Waals surface area contributed by atoms with Gasteiger partial charge in [-0.2, -0.15) is 16.9 Å². The van der Waals surface area contributed by atoms with E-state index in [2.05, 4.69) is 11.4 Å². The summed E-state index contributed by atoms with van der Waals surface area (Å²) in [5, 5.41) is 4.49. The minimum Gasteiger partial charge on any atom is -0.343 e. The fourth-order valence-corrected chi connectivity index (χ4v) is 4.46. The summed E-state index contributed by atoms with van der Waals surface area (Å²) < 4.78 is 1.84. The number of ketones is 1. The van der Waals surface area contributed by atoms with Gasteiger partial charge in [0.1, 0.15) is 0 Å². The topological polar surface area (TPSA) is 55.2 Å². The number of carbonyl (C=O) groups is 2. The predicted octanol–water partition coefficient (Wildman–Crippen LogP) is 3.26. The van der Waals surface area contributed by atoms with Crippen LogP contribution in [0.25, 0.3) is 0 Å². The van der Waals surface area contributed by atoms with Gasteiger partial charge in [-0.25, -0.2) is 0 Å². The van der Waals surface area contributed by atoms with Crippen LogP contribution in [0.2, 0.25) is 0 Å². The summed E-state index contributed by atoms with van der Waals surface area (Å²) in [6.07, 6.45) is 4.79. The highest BCUT2D eigenvalue weighted by atomic mass is 32.2. The molecule has 0 aliphatic carbocycles. The number of likely N-dealkylation sites (tertiary alicyclic amines) is 1. The van der Waals surface area contributed by atoms with E-state index in [0.717, 1.165) is 43.2 Å². The van der Waals surface area contributed by atoms with Gasteiger partial charge >= 0.3 is 0 Å². The molecule has 2 heterocycles. The highest BCUT2D eigenvalue weighted by molar-refractivity contribution is 7.98. The lowest BCUT2D eigenvalue weighted by molar-refractivity contribution is -0.133. The molecule has 1 aromatic rings. The maximum absolute atomic E-state index is 12.6. The maximum atomic E-state index is 12.6. The number of Topliss-reactive ketones (excluding diaryl/α,β-unsaturated/α-hetero) is 1. The molecule has 0 radical (unpaired) electrons. The number of nitrogens with zero attached hydrogens (tertiary/aromatic N) is 3. The normalized spacial score (nSPS) is 17.1. The van der Waals surface area contributed by atoms with E-state index in [9.17, 15) is 9.59 Å². The number of piperidine rings is 1. The molecule has 5 nitrogen and oxygen atoms in total. The van der Waals surface area contributed by atoms with Crippen LogP contribution < -0.4 is 0 Å². The fourth-order valence-electron chi connectivity index (χ4n) is 3.65. The lowest BCUT2D eigenvalue weighted by Gasteiger charge is -2.32. The van der Waals surface area contributed by atoms with Gasteiger partial charge < -0.3 is 4.90 Å². The molecule has 134 valence electrons. The molecule has 1 atom stereocenters. The molecule has 1 amide bonds. The van der Waals surface area contributed by atoms with Crippen LogP contribution in [0.5, 0.6) is 0 Å². The van der Waals surface area contributed by atoms with Crippen LogP contribution in [-0.4, -0.2) is 51.5 Å². The fraction of sp³-hybridized carbons (Fsp3) is 0.722. The maximum Gasteiger partial charge on any atom is 0.224 e. The lowest BCUT2D eigenvalue weighted by atomic mass is 9.98. The molecule has 1 aromatic heterocycles. The van der Waals surface area contributed by atoms with Gasteiger partial charge in [-0.05, 0) is 58.5 Å². The zero-order valence-electron chi connectivity index (χ0n) is 15.5. The molecule has 0 bridgehead atoms.